The predicted octanol–water partition coefficient (Wildman–Crippen LogP) is 2.65. The number of halogens is 2. The fourth-order valence-corrected chi connectivity index (χ4v) is 2.45. The van der Waals surface area contributed by atoms with Crippen LogP contribution in [0.3, 0.4) is 0 Å². The summed E-state index contributed by atoms with van der Waals surface area (Å²) in [5.74, 6) is -0.173. The second kappa shape index (κ2) is 7.79. The maximum atomic E-state index is 11.1. The third-order valence-electron chi connectivity index (χ3n) is 2.07. The molecule has 0 atom stereocenters. The SMILES string of the molecule is CCOC(=O)CCNCc1c(Br)cncc1Br. The molecule has 4 nitrogen and oxygen atoms in total. The minimum atomic E-state index is -0.173. The summed E-state index contributed by atoms with van der Waals surface area (Å²) in [6.07, 6.45) is 3.87. The van der Waals surface area contributed by atoms with Gasteiger partial charge in [0.15, 0.2) is 0 Å². The zero-order valence-electron chi connectivity index (χ0n) is 9.50. The smallest absolute Gasteiger partial charge is 0.307 e. The van der Waals surface area contributed by atoms with E-state index in [0.717, 1.165) is 14.5 Å². The number of esters is 1. The number of ether oxygens (including phenoxy) is 1. The number of rotatable bonds is 6. The van der Waals surface area contributed by atoms with Gasteiger partial charge in [-0.1, -0.05) is 0 Å². The van der Waals surface area contributed by atoms with Gasteiger partial charge in [0.2, 0.25) is 0 Å². The average molecular weight is 366 g/mol. The van der Waals surface area contributed by atoms with Crippen LogP contribution in [0.25, 0.3) is 0 Å². The maximum absolute atomic E-state index is 11.1. The number of hydrogen-bond acceptors (Lipinski definition) is 4. The number of carbonyl (C=O) groups is 1. The van der Waals surface area contributed by atoms with Crippen LogP contribution in [0.15, 0.2) is 21.3 Å². The second-order valence-corrected chi connectivity index (χ2v) is 5.02. The Morgan fingerprint density at radius 2 is 2.06 bits per heavy atom. The molecule has 1 rings (SSSR count). The Kier molecular flexibility index (Phi) is 6.69. The van der Waals surface area contributed by atoms with E-state index in [4.69, 9.17) is 4.74 Å². The summed E-state index contributed by atoms with van der Waals surface area (Å²) in [5.41, 5.74) is 1.09. The molecule has 0 aliphatic rings. The lowest BCUT2D eigenvalue weighted by molar-refractivity contribution is -0.142. The van der Waals surface area contributed by atoms with E-state index in [-0.39, 0.29) is 5.97 Å². The molecule has 0 unspecified atom stereocenters. The fourth-order valence-electron chi connectivity index (χ4n) is 1.24. The van der Waals surface area contributed by atoms with Gasteiger partial charge in [-0.2, -0.15) is 0 Å². The molecule has 0 radical (unpaired) electrons. The molecule has 0 aromatic carbocycles. The van der Waals surface area contributed by atoms with Crippen molar-refractivity contribution in [2.75, 3.05) is 13.2 Å². The van der Waals surface area contributed by atoms with Crippen molar-refractivity contribution in [1.82, 2.24) is 10.3 Å². The first kappa shape index (κ1) is 14.6. The lowest BCUT2D eigenvalue weighted by Crippen LogP contribution is -2.19. The molecule has 1 aromatic rings. The van der Waals surface area contributed by atoms with Crippen molar-refractivity contribution in [3.05, 3.63) is 26.9 Å². The zero-order valence-corrected chi connectivity index (χ0v) is 12.7. The molecule has 0 amide bonds. The van der Waals surface area contributed by atoms with Gasteiger partial charge in [-0.15, -0.1) is 0 Å². The zero-order chi connectivity index (χ0) is 12.7. The van der Waals surface area contributed by atoms with Crippen LogP contribution in [0.1, 0.15) is 18.9 Å². The quantitative estimate of drug-likeness (QED) is 0.622. The first-order valence-corrected chi connectivity index (χ1v) is 6.88. The number of nitrogens with one attached hydrogen (secondary N) is 1. The molecule has 94 valence electrons. The first-order valence-electron chi connectivity index (χ1n) is 5.29. The van der Waals surface area contributed by atoms with Crippen LogP contribution < -0.4 is 5.32 Å². The Bertz CT molecular complexity index is 365. The van der Waals surface area contributed by atoms with Crippen molar-refractivity contribution in [2.24, 2.45) is 0 Å². The third-order valence-corrected chi connectivity index (χ3v) is 3.43. The van der Waals surface area contributed by atoms with Crippen LogP contribution in [-0.2, 0) is 16.1 Å². The Labute approximate surface area is 117 Å². The monoisotopic (exact) mass is 364 g/mol. The van der Waals surface area contributed by atoms with Crippen LogP contribution in [0.5, 0.6) is 0 Å². The highest BCUT2D eigenvalue weighted by molar-refractivity contribution is 9.11. The van der Waals surface area contributed by atoms with Crippen molar-refractivity contribution in [2.45, 2.75) is 19.9 Å². The Balaban J connectivity index is 2.34. The topological polar surface area (TPSA) is 51.2 Å². The van der Waals surface area contributed by atoms with E-state index in [1.807, 2.05) is 0 Å². The summed E-state index contributed by atoms with van der Waals surface area (Å²) in [7, 11) is 0. The second-order valence-electron chi connectivity index (χ2n) is 3.31. The molecule has 0 spiro atoms. The van der Waals surface area contributed by atoms with E-state index in [1.165, 1.54) is 0 Å². The summed E-state index contributed by atoms with van der Waals surface area (Å²) in [6.45, 7) is 3.50. The van der Waals surface area contributed by atoms with Crippen LogP contribution in [0.4, 0.5) is 0 Å². The van der Waals surface area contributed by atoms with Crippen LogP contribution in [0, 0.1) is 0 Å². The minimum absolute atomic E-state index is 0.173. The van der Waals surface area contributed by atoms with Crippen molar-refractivity contribution in [3.8, 4) is 0 Å². The van der Waals surface area contributed by atoms with Crippen molar-refractivity contribution < 1.29 is 9.53 Å². The fraction of sp³-hybridized carbons (Fsp3) is 0.455. The number of nitrogens with zero attached hydrogens (tertiary/aromatic N) is 1. The Morgan fingerprint density at radius 3 is 2.65 bits per heavy atom. The van der Waals surface area contributed by atoms with Crippen molar-refractivity contribution in [1.29, 1.82) is 0 Å². The van der Waals surface area contributed by atoms with E-state index >= 15 is 0 Å². The molecule has 0 bridgehead atoms. The standard InChI is InChI=1S/C11H14Br2N2O2/c1-2-17-11(16)3-4-14-5-8-9(12)6-15-7-10(8)13/h6-7,14H,2-5H2,1H3. The molecule has 0 fully saturated rings. The molecule has 1 heterocycles. The molecule has 17 heavy (non-hydrogen) atoms. The van der Waals surface area contributed by atoms with Crippen molar-refractivity contribution >= 4 is 37.8 Å². The summed E-state index contributed by atoms with van der Waals surface area (Å²) < 4.78 is 6.71. The number of hydrogen-bond donors (Lipinski definition) is 1. The molecule has 0 saturated heterocycles. The van der Waals surface area contributed by atoms with Gasteiger partial charge in [-0.05, 0) is 44.3 Å². The highest BCUT2D eigenvalue weighted by atomic mass is 79.9. The lowest BCUT2D eigenvalue weighted by atomic mass is 10.2. The molecule has 0 saturated carbocycles. The molecular weight excluding hydrogens is 352 g/mol. The van der Waals surface area contributed by atoms with Gasteiger partial charge in [-0.25, -0.2) is 0 Å². The molecule has 0 aliphatic heterocycles. The molecule has 1 aromatic heterocycles. The number of pyridine rings is 1. The van der Waals surface area contributed by atoms with Gasteiger partial charge < -0.3 is 10.1 Å². The van der Waals surface area contributed by atoms with Gasteiger partial charge in [0.1, 0.15) is 0 Å². The van der Waals surface area contributed by atoms with E-state index in [2.05, 4.69) is 42.2 Å². The summed E-state index contributed by atoms with van der Waals surface area (Å²) >= 11 is 6.86. The van der Waals surface area contributed by atoms with Crippen LogP contribution in [0.2, 0.25) is 0 Å². The summed E-state index contributed by atoms with van der Waals surface area (Å²) in [6, 6.07) is 0. The highest BCUT2D eigenvalue weighted by Gasteiger charge is 2.05. The molecule has 6 heteroatoms. The average Bonchev–Trinajstić information content (AvgIpc) is 2.28. The van der Waals surface area contributed by atoms with E-state index in [1.54, 1.807) is 19.3 Å². The normalized spacial score (nSPS) is 10.3. The number of aromatic nitrogens is 1. The molecular formula is C11H14Br2N2O2. The van der Waals surface area contributed by atoms with Crippen LogP contribution >= 0.6 is 31.9 Å². The van der Waals surface area contributed by atoms with Gasteiger partial charge in [-0.3, -0.25) is 9.78 Å². The van der Waals surface area contributed by atoms with E-state index in [9.17, 15) is 4.79 Å². The largest absolute Gasteiger partial charge is 0.466 e. The summed E-state index contributed by atoms with van der Waals surface area (Å²) in [5, 5.41) is 3.18. The highest BCUT2D eigenvalue weighted by Crippen LogP contribution is 2.23. The minimum Gasteiger partial charge on any atom is -0.466 e. The molecule has 1 N–H and O–H groups in total. The van der Waals surface area contributed by atoms with Gasteiger partial charge >= 0.3 is 5.97 Å². The van der Waals surface area contributed by atoms with E-state index in [0.29, 0.717) is 26.1 Å². The maximum Gasteiger partial charge on any atom is 0.307 e. The first-order chi connectivity index (χ1) is 8.15. The van der Waals surface area contributed by atoms with Gasteiger partial charge in [0.05, 0.1) is 13.0 Å². The third kappa shape index (κ3) is 5.14. The predicted molar refractivity (Wildman–Crippen MR) is 72.6 cm³/mol. The van der Waals surface area contributed by atoms with Gasteiger partial charge in [0, 0.05) is 34.4 Å². The molecule has 0 aliphatic carbocycles. The Hall–Kier alpha value is -0.460. The Morgan fingerprint density at radius 1 is 1.41 bits per heavy atom. The van der Waals surface area contributed by atoms with Gasteiger partial charge in [0.25, 0.3) is 0 Å². The van der Waals surface area contributed by atoms with E-state index < -0.39 is 0 Å². The van der Waals surface area contributed by atoms with Crippen LogP contribution in [-0.4, -0.2) is 24.1 Å². The van der Waals surface area contributed by atoms with Crippen molar-refractivity contribution in [3.63, 3.8) is 0 Å². The number of carbonyl (C=O) groups excluding carboxylic acids is 1. The lowest BCUT2D eigenvalue weighted by Gasteiger charge is -2.08. The summed E-state index contributed by atoms with van der Waals surface area (Å²) in [4.78, 5) is 15.1.